The van der Waals surface area contributed by atoms with Gasteiger partial charge in [0.2, 0.25) is 0 Å². The first-order valence-corrected chi connectivity index (χ1v) is 13.3. The number of rotatable bonds is 7. The molecular weight excluding hydrogens is 546 g/mol. The molecule has 5 rings (SSSR count). The van der Waals surface area contributed by atoms with E-state index < -0.39 is 16.6 Å². The highest BCUT2D eigenvalue weighted by Crippen LogP contribution is 2.40. The van der Waals surface area contributed by atoms with E-state index in [1.165, 1.54) is 18.2 Å². The minimum absolute atomic E-state index is 0.0239. The van der Waals surface area contributed by atoms with Gasteiger partial charge in [-0.3, -0.25) is 19.7 Å². The number of phenolic OH excluding ortho intramolecular Hbond substituents is 1. The van der Waals surface area contributed by atoms with Gasteiger partial charge in [-0.05, 0) is 73.2 Å². The molecule has 5 aromatic rings. The highest BCUT2D eigenvalue weighted by molar-refractivity contribution is 6.13. The standard InChI is InChI=1S/C33H27N5O5/c1-19-8-4-6-10-27(19)34-32(40)22-13-15-25-23(16-22)17-26(33(41)35-28-11-7-5-9-20(28)2)31(39)30(25)37-36-29-18-24(38(42)43)14-12-21(29)3/h4-18,39H,1-3H3,(H,34,40)(H,35,41). The molecule has 0 heterocycles. The molecule has 5 aromatic carbocycles. The molecule has 10 heteroatoms. The van der Waals surface area contributed by atoms with E-state index in [1.807, 2.05) is 44.2 Å². The average molecular weight is 574 g/mol. The van der Waals surface area contributed by atoms with Crippen molar-refractivity contribution < 1.29 is 19.6 Å². The summed E-state index contributed by atoms with van der Waals surface area (Å²) in [4.78, 5) is 37.4. The fraction of sp³-hybridized carbons (Fsp3) is 0.0909. The summed E-state index contributed by atoms with van der Waals surface area (Å²) in [5, 5.41) is 37.6. The van der Waals surface area contributed by atoms with Crippen molar-refractivity contribution in [2.24, 2.45) is 10.2 Å². The zero-order valence-corrected chi connectivity index (χ0v) is 23.6. The summed E-state index contributed by atoms with van der Waals surface area (Å²) in [5.41, 5.74) is 3.86. The number of nitrogens with one attached hydrogen (secondary N) is 2. The van der Waals surface area contributed by atoms with Gasteiger partial charge in [-0.25, -0.2) is 0 Å². The number of azo groups is 1. The summed E-state index contributed by atoms with van der Waals surface area (Å²) < 4.78 is 0. The lowest BCUT2D eigenvalue weighted by molar-refractivity contribution is -0.384. The lowest BCUT2D eigenvalue weighted by Gasteiger charge is -2.13. The van der Waals surface area contributed by atoms with E-state index in [0.29, 0.717) is 33.3 Å². The maximum absolute atomic E-state index is 13.4. The zero-order valence-electron chi connectivity index (χ0n) is 23.6. The summed E-state index contributed by atoms with van der Waals surface area (Å²) in [6.45, 7) is 5.45. The maximum atomic E-state index is 13.4. The largest absolute Gasteiger partial charge is 0.505 e. The Kier molecular flexibility index (Phi) is 7.93. The van der Waals surface area contributed by atoms with Crippen molar-refractivity contribution in [1.29, 1.82) is 0 Å². The topological polar surface area (TPSA) is 146 Å². The molecule has 0 radical (unpaired) electrons. The predicted molar refractivity (Wildman–Crippen MR) is 166 cm³/mol. The van der Waals surface area contributed by atoms with Crippen LogP contribution < -0.4 is 10.6 Å². The van der Waals surface area contributed by atoms with E-state index in [-0.39, 0.29) is 28.5 Å². The smallest absolute Gasteiger partial charge is 0.271 e. The van der Waals surface area contributed by atoms with E-state index in [0.717, 1.165) is 11.1 Å². The van der Waals surface area contributed by atoms with E-state index in [9.17, 15) is 24.8 Å². The van der Waals surface area contributed by atoms with Crippen molar-refractivity contribution in [2.45, 2.75) is 20.8 Å². The molecule has 214 valence electrons. The minimum atomic E-state index is -0.591. The molecule has 0 spiro atoms. The van der Waals surface area contributed by atoms with E-state index in [2.05, 4.69) is 20.9 Å². The first-order chi connectivity index (χ1) is 20.6. The number of nitro groups is 1. The molecule has 0 saturated heterocycles. The summed E-state index contributed by atoms with van der Waals surface area (Å²) in [5.74, 6) is -1.38. The van der Waals surface area contributed by atoms with Gasteiger partial charge in [0.15, 0.2) is 5.75 Å². The number of non-ortho nitro benzene ring substituents is 1. The number of phenols is 1. The molecule has 0 saturated carbocycles. The minimum Gasteiger partial charge on any atom is -0.505 e. The molecule has 43 heavy (non-hydrogen) atoms. The van der Waals surface area contributed by atoms with Crippen molar-refractivity contribution in [3.63, 3.8) is 0 Å². The third-order valence-electron chi connectivity index (χ3n) is 7.04. The van der Waals surface area contributed by atoms with Crippen LogP contribution in [0.2, 0.25) is 0 Å². The molecular formula is C33H27N5O5. The van der Waals surface area contributed by atoms with Crippen LogP contribution in [0.5, 0.6) is 5.75 Å². The van der Waals surface area contributed by atoms with E-state index in [4.69, 9.17) is 0 Å². The number of hydrogen-bond acceptors (Lipinski definition) is 7. The van der Waals surface area contributed by atoms with Crippen LogP contribution >= 0.6 is 0 Å². The van der Waals surface area contributed by atoms with Crippen LogP contribution in [-0.2, 0) is 0 Å². The van der Waals surface area contributed by atoms with Crippen molar-refractivity contribution in [3.8, 4) is 5.75 Å². The van der Waals surface area contributed by atoms with Crippen molar-refractivity contribution >= 4 is 51.0 Å². The van der Waals surface area contributed by atoms with Crippen LogP contribution in [0.3, 0.4) is 0 Å². The molecule has 3 N–H and O–H groups in total. The maximum Gasteiger partial charge on any atom is 0.271 e. The van der Waals surface area contributed by atoms with Crippen LogP contribution in [0.15, 0.2) is 101 Å². The van der Waals surface area contributed by atoms with Gasteiger partial charge in [0.05, 0.1) is 16.2 Å². The molecule has 0 fully saturated rings. The average Bonchev–Trinajstić information content (AvgIpc) is 2.99. The molecule has 10 nitrogen and oxygen atoms in total. The second-order valence-corrected chi connectivity index (χ2v) is 10.0. The number of amides is 2. The van der Waals surface area contributed by atoms with Gasteiger partial charge in [-0.15, -0.1) is 10.2 Å². The predicted octanol–water partition coefficient (Wildman–Crippen LogP) is 8.30. The van der Waals surface area contributed by atoms with Crippen LogP contribution in [0.4, 0.5) is 28.4 Å². The molecule has 0 bridgehead atoms. The summed E-state index contributed by atoms with van der Waals surface area (Å²) in [6, 6.07) is 25.1. The molecule has 0 unspecified atom stereocenters. The second-order valence-electron chi connectivity index (χ2n) is 10.0. The van der Waals surface area contributed by atoms with Crippen LogP contribution in [0.1, 0.15) is 37.4 Å². The van der Waals surface area contributed by atoms with Gasteiger partial charge in [0.25, 0.3) is 17.5 Å². The number of aromatic hydroxyl groups is 1. The van der Waals surface area contributed by atoms with Gasteiger partial charge < -0.3 is 15.7 Å². The van der Waals surface area contributed by atoms with Gasteiger partial charge in [-0.1, -0.05) is 48.5 Å². The number of aryl methyl sites for hydroxylation is 3. The molecule has 0 aromatic heterocycles. The molecule has 0 atom stereocenters. The van der Waals surface area contributed by atoms with Gasteiger partial charge in [0, 0.05) is 34.5 Å². The SMILES string of the molecule is Cc1ccc([N+](=O)[O-])cc1N=Nc1c(O)c(C(=O)Nc2ccccc2C)cc2cc(C(=O)Nc3ccccc3C)ccc12. The van der Waals surface area contributed by atoms with Crippen LogP contribution in [0.25, 0.3) is 10.8 Å². The Hall–Kier alpha value is -5.90. The lowest BCUT2D eigenvalue weighted by atomic mass is 10.00. The highest BCUT2D eigenvalue weighted by atomic mass is 16.6. The number of para-hydroxylation sites is 2. The van der Waals surface area contributed by atoms with E-state index >= 15 is 0 Å². The lowest BCUT2D eigenvalue weighted by Crippen LogP contribution is -2.14. The summed E-state index contributed by atoms with van der Waals surface area (Å²) in [6.07, 6.45) is 0. The van der Waals surface area contributed by atoms with E-state index in [1.54, 1.807) is 49.4 Å². The van der Waals surface area contributed by atoms with Crippen molar-refractivity contribution in [3.05, 3.63) is 129 Å². The molecule has 0 aliphatic carbocycles. The third kappa shape index (κ3) is 6.08. The van der Waals surface area contributed by atoms with Crippen LogP contribution in [-0.4, -0.2) is 21.8 Å². The third-order valence-corrected chi connectivity index (χ3v) is 7.04. The van der Waals surface area contributed by atoms with Crippen molar-refractivity contribution in [2.75, 3.05) is 10.6 Å². The molecule has 0 aliphatic heterocycles. The number of nitrogens with zero attached hydrogens (tertiary/aromatic N) is 3. The quantitative estimate of drug-likeness (QED) is 0.102. The first-order valence-electron chi connectivity index (χ1n) is 13.3. The summed E-state index contributed by atoms with van der Waals surface area (Å²) >= 11 is 0. The van der Waals surface area contributed by atoms with Gasteiger partial charge in [0.1, 0.15) is 5.69 Å². The van der Waals surface area contributed by atoms with Crippen LogP contribution in [0, 0.1) is 30.9 Å². The Bertz CT molecular complexity index is 1950. The Morgan fingerprint density at radius 2 is 1.37 bits per heavy atom. The number of fused-ring (bicyclic) bond motifs is 1. The Balaban J connectivity index is 1.61. The fourth-order valence-electron chi connectivity index (χ4n) is 4.53. The number of hydrogen-bond donors (Lipinski definition) is 3. The number of anilines is 2. The zero-order chi connectivity index (χ0) is 30.7. The molecule has 2 amide bonds. The Labute approximate surface area is 246 Å². The molecule has 0 aliphatic rings. The van der Waals surface area contributed by atoms with Gasteiger partial charge >= 0.3 is 0 Å². The normalized spacial score (nSPS) is 11.0. The Morgan fingerprint density at radius 1 is 0.744 bits per heavy atom. The highest BCUT2D eigenvalue weighted by Gasteiger charge is 2.21. The summed E-state index contributed by atoms with van der Waals surface area (Å²) in [7, 11) is 0. The number of nitro benzene ring substituents is 1. The van der Waals surface area contributed by atoms with Crippen molar-refractivity contribution in [1.82, 2.24) is 0 Å². The Morgan fingerprint density at radius 3 is 2.00 bits per heavy atom. The fourth-order valence-corrected chi connectivity index (χ4v) is 4.53. The van der Waals surface area contributed by atoms with Gasteiger partial charge in [-0.2, -0.15) is 0 Å². The monoisotopic (exact) mass is 573 g/mol. The number of carbonyl (C=O) groups is 2. The first kappa shape index (κ1) is 28.6. The number of benzene rings is 5. The number of carbonyl (C=O) groups excluding carboxylic acids is 2. The second kappa shape index (κ2) is 11.9.